The van der Waals surface area contributed by atoms with Crippen molar-refractivity contribution in [2.24, 2.45) is 0 Å². The Morgan fingerprint density at radius 3 is 2.48 bits per heavy atom. The molecule has 1 aromatic heterocycles. The van der Waals surface area contributed by atoms with Gasteiger partial charge in [0.15, 0.2) is 5.78 Å². The molecule has 3 aromatic carbocycles. The van der Waals surface area contributed by atoms with Crippen LogP contribution >= 0.6 is 35.0 Å². The fourth-order valence-corrected chi connectivity index (χ4v) is 4.66. The fraction of sp³-hybridized carbons (Fsp3) is 0.0455. The second-order valence-electron chi connectivity index (χ2n) is 6.10. The van der Waals surface area contributed by atoms with E-state index in [-0.39, 0.29) is 5.78 Å². The van der Waals surface area contributed by atoms with Crippen molar-refractivity contribution in [3.05, 3.63) is 100 Å². The standard InChI is InChI=1S/C22H15Cl2NOS/c23-15-10-11-18(24)20(12-15)27-22(14-6-2-1-3-7-14)21(26)17-13-25-19-9-5-4-8-16(17)19/h1-13,22,25H/t22-/m0/s1. The SMILES string of the molecule is O=C(c1c[nH]c2ccccc12)[C@@H](Sc1cc(Cl)ccc1Cl)c1ccccc1. The molecule has 2 nitrogen and oxygen atoms in total. The lowest BCUT2D eigenvalue weighted by atomic mass is 10.0. The van der Waals surface area contributed by atoms with Gasteiger partial charge in [-0.25, -0.2) is 0 Å². The van der Waals surface area contributed by atoms with Gasteiger partial charge in [0.1, 0.15) is 0 Å². The minimum atomic E-state index is -0.429. The summed E-state index contributed by atoms with van der Waals surface area (Å²) < 4.78 is 0. The van der Waals surface area contributed by atoms with Crippen molar-refractivity contribution in [3.8, 4) is 0 Å². The molecule has 0 bridgehead atoms. The van der Waals surface area contributed by atoms with Crippen LogP contribution in [0.25, 0.3) is 10.9 Å². The van der Waals surface area contributed by atoms with Crippen molar-refractivity contribution in [1.29, 1.82) is 0 Å². The topological polar surface area (TPSA) is 32.9 Å². The van der Waals surface area contributed by atoms with E-state index in [1.165, 1.54) is 11.8 Å². The first-order valence-corrected chi connectivity index (χ1v) is 10.0. The molecule has 1 atom stereocenters. The average molecular weight is 412 g/mol. The highest BCUT2D eigenvalue weighted by Crippen LogP contribution is 2.42. The molecule has 4 rings (SSSR count). The van der Waals surface area contributed by atoms with Crippen molar-refractivity contribution >= 4 is 51.6 Å². The number of halogens is 2. The summed E-state index contributed by atoms with van der Waals surface area (Å²) in [7, 11) is 0. The number of thioether (sulfide) groups is 1. The number of H-pyrrole nitrogens is 1. The van der Waals surface area contributed by atoms with Gasteiger partial charge < -0.3 is 4.98 Å². The van der Waals surface area contributed by atoms with Gasteiger partial charge in [-0.05, 0) is 29.8 Å². The van der Waals surface area contributed by atoms with Gasteiger partial charge in [0.25, 0.3) is 0 Å². The minimum Gasteiger partial charge on any atom is -0.360 e. The van der Waals surface area contributed by atoms with Gasteiger partial charge in [-0.3, -0.25) is 4.79 Å². The lowest BCUT2D eigenvalue weighted by Crippen LogP contribution is -2.09. The largest absolute Gasteiger partial charge is 0.360 e. The highest BCUT2D eigenvalue weighted by Gasteiger charge is 2.26. The Balaban J connectivity index is 1.78. The van der Waals surface area contributed by atoms with Crippen LogP contribution < -0.4 is 0 Å². The molecule has 1 heterocycles. The van der Waals surface area contributed by atoms with E-state index in [0.717, 1.165) is 21.4 Å². The second-order valence-corrected chi connectivity index (χ2v) is 8.09. The van der Waals surface area contributed by atoms with Gasteiger partial charge in [-0.1, -0.05) is 71.7 Å². The second kappa shape index (κ2) is 7.81. The normalized spacial score (nSPS) is 12.2. The van der Waals surface area contributed by atoms with Crippen molar-refractivity contribution in [1.82, 2.24) is 4.98 Å². The number of carbonyl (C=O) groups excluding carboxylic acids is 1. The monoisotopic (exact) mass is 411 g/mol. The summed E-state index contributed by atoms with van der Waals surface area (Å²) >= 11 is 13.9. The van der Waals surface area contributed by atoms with Crippen molar-refractivity contribution in [3.63, 3.8) is 0 Å². The van der Waals surface area contributed by atoms with Crippen LogP contribution in [0.5, 0.6) is 0 Å². The number of rotatable bonds is 5. The number of aromatic amines is 1. The first kappa shape index (κ1) is 18.2. The first-order valence-electron chi connectivity index (χ1n) is 8.40. The molecule has 0 unspecified atom stereocenters. The van der Waals surface area contributed by atoms with Crippen LogP contribution in [0.2, 0.25) is 10.0 Å². The van der Waals surface area contributed by atoms with Crippen LogP contribution in [-0.4, -0.2) is 10.8 Å². The Morgan fingerprint density at radius 2 is 1.67 bits per heavy atom. The minimum absolute atomic E-state index is 0.0275. The zero-order valence-electron chi connectivity index (χ0n) is 14.2. The number of ketones is 1. The molecule has 5 heteroatoms. The maximum Gasteiger partial charge on any atom is 0.182 e. The van der Waals surface area contributed by atoms with Crippen LogP contribution in [0.1, 0.15) is 21.2 Å². The molecule has 4 aromatic rings. The zero-order valence-corrected chi connectivity index (χ0v) is 16.5. The van der Waals surface area contributed by atoms with Crippen molar-refractivity contribution in [2.75, 3.05) is 0 Å². The van der Waals surface area contributed by atoms with Gasteiger partial charge in [0.05, 0.1) is 10.3 Å². The Labute approximate surface area is 171 Å². The summed E-state index contributed by atoms with van der Waals surface area (Å²) in [6, 6.07) is 22.8. The summed E-state index contributed by atoms with van der Waals surface area (Å²) in [6.45, 7) is 0. The van der Waals surface area contributed by atoms with E-state index in [1.807, 2.05) is 54.6 Å². The van der Waals surface area contributed by atoms with Crippen LogP contribution in [0.4, 0.5) is 0 Å². The summed E-state index contributed by atoms with van der Waals surface area (Å²) in [6.07, 6.45) is 1.78. The van der Waals surface area contributed by atoms with E-state index < -0.39 is 5.25 Å². The summed E-state index contributed by atoms with van der Waals surface area (Å²) in [5, 5.41) is 1.66. The Hall–Kier alpha value is -2.20. The maximum atomic E-state index is 13.5. The lowest BCUT2D eigenvalue weighted by Gasteiger charge is -2.17. The Kier molecular flexibility index (Phi) is 5.26. The Morgan fingerprint density at radius 1 is 0.926 bits per heavy atom. The lowest BCUT2D eigenvalue weighted by molar-refractivity contribution is 0.0991. The van der Waals surface area contributed by atoms with Gasteiger partial charge in [0, 0.05) is 32.6 Å². The number of para-hydroxylation sites is 1. The number of carbonyl (C=O) groups is 1. The summed E-state index contributed by atoms with van der Waals surface area (Å²) in [5.41, 5.74) is 2.54. The number of fused-ring (bicyclic) bond motifs is 1. The third kappa shape index (κ3) is 3.77. The smallest absolute Gasteiger partial charge is 0.182 e. The van der Waals surface area contributed by atoms with E-state index in [0.29, 0.717) is 15.6 Å². The van der Waals surface area contributed by atoms with Gasteiger partial charge in [-0.2, -0.15) is 0 Å². The molecule has 0 aliphatic carbocycles. The molecule has 0 aliphatic rings. The van der Waals surface area contributed by atoms with Gasteiger partial charge in [0.2, 0.25) is 0 Å². The number of Topliss-reactive ketones (excluding diaryl/α,β-unsaturated/α-hetero) is 1. The van der Waals surface area contributed by atoms with E-state index in [2.05, 4.69) is 4.98 Å². The molecule has 0 saturated carbocycles. The predicted octanol–water partition coefficient (Wildman–Crippen LogP) is 7.19. The van der Waals surface area contributed by atoms with Gasteiger partial charge in [-0.15, -0.1) is 11.8 Å². The summed E-state index contributed by atoms with van der Waals surface area (Å²) in [4.78, 5) is 17.5. The fourth-order valence-electron chi connectivity index (χ4n) is 3.01. The molecular weight excluding hydrogens is 397 g/mol. The maximum absolute atomic E-state index is 13.5. The van der Waals surface area contributed by atoms with Crippen LogP contribution in [0.3, 0.4) is 0 Å². The Bertz CT molecular complexity index is 1110. The molecular formula is C22H15Cl2NOS. The average Bonchev–Trinajstić information content (AvgIpc) is 3.13. The van der Waals surface area contributed by atoms with E-state index in [4.69, 9.17) is 23.2 Å². The highest BCUT2D eigenvalue weighted by molar-refractivity contribution is 8.00. The molecule has 27 heavy (non-hydrogen) atoms. The highest BCUT2D eigenvalue weighted by atomic mass is 35.5. The first-order chi connectivity index (χ1) is 13.1. The van der Waals surface area contributed by atoms with Crippen molar-refractivity contribution in [2.45, 2.75) is 10.1 Å². The number of hydrogen-bond donors (Lipinski definition) is 1. The van der Waals surface area contributed by atoms with E-state index in [9.17, 15) is 4.79 Å². The van der Waals surface area contributed by atoms with Crippen LogP contribution in [0, 0.1) is 0 Å². The number of nitrogens with one attached hydrogen (secondary N) is 1. The quantitative estimate of drug-likeness (QED) is 0.278. The van der Waals surface area contributed by atoms with Crippen molar-refractivity contribution < 1.29 is 4.79 Å². The van der Waals surface area contributed by atoms with Crippen LogP contribution in [0.15, 0.2) is 83.9 Å². The third-order valence-corrected chi connectivity index (χ3v) is 6.32. The van der Waals surface area contributed by atoms with E-state index in [1.54, 1.807) is 24.4 Å². The molecule has 0 aliphatic heterocycles. The number of hydrogen-bond acceptors (Lipinski definition) is 2. The molecule has 0 spiro atoms. The molecule has 0 radical (unpaired) electrons. The molecule has 0 amide bonds. The molecule has 134 valence electrons. The number of aromatic nitrogens is 1. The predicted molar refractivity (Wildman–Crippen MR) is 114 cm³/mol. The number of benzene rings is 3. The molecule has 1 N–H and O–H groups in total. The van der Waals surface area contributed by atoms with Crippen LogP contribution in [-0.2, 0) is 0 Å². The zero-order chi connectivity index (χ0) is 18.8. The molecule has 0 saturated heterocycles. The van der Waals surface area contributed by atoms with Gasteiger partial charge >= 0.3 is 0 Å². The van der Waals surface area contributed by atoms with E-state index >= 15 is 0 Å². The molecule has 0 fully saturated rings. The third-order valence-electron chi connectivity index (χ3n) is 4.33. The summed E-state index contributed by atoms with van der Waals surface area (Å²) in [5.74, 6) is 0.0275.